The molecule has 3 N–H and O–H groups in total. The van der Waals surface area contributed by atoms with Crippen molar-refractivity contribution >= 4 is 11.9 Å². The zero-order valence-corrected chi connectivity index (χ0v) is 17.9. The standard InChI is InChI=1S/C20H25NO5.C2H2O4/c1-22-17-9-6-10-18(23-2)19(17)24-12-11-21-13-16-14-25-20(26-16)15-7-4-3-5-8-15;3-1(4)2(5)6/h3-10,16,20-21H,11-14H2,1-2H3;(H,3,4)(H,5,6)/t16-,20+;/m1./s1. The number of aliphatic carboxylic acids is 2. The van der Waals surface area contributed by atoms with E-state index in [0.29, 0.717) is 30.5 Å². The third-order valence-electron chi connectivity index (χ3n) is 4.38. The number of quaternary nitrogens is 1. The van der Waals surface area contributed by atoms with Crippen LogP contribution in [0.15, 0.2) is 48.5 Å². The van der Waals surface area contributed by atoms with Gasteiger partial charge in [-0.3, -0.25) is 0 Å². The van der Waals surface area contributed by atoms with Crippen LogP contribution in [0.5, 0.6) is 17.2 Å². The maximum absolute atomic E-state index is 9.04. The lowest BCUT2D eigenvalue weighted by Crippen LogP contribution is -2.87. The quantitative estimate of drug-likeness (QED) is 0.386. The Morgan fingerprint density at radius 3 is 2.28 bits per heavy atom. The molecule has 1 aliphatic rings. The van der Waals surface area contributed by atoms with Crippen LogP contribution in [0.4, 0.5) is 0 Å². The van der Waals surface area contributed by atoms with Crippen LogP contribution >= 0.6 is 0 Å². The van der Waals surface area contributed by atoms with E-state index in [0.717, 1.165) is 18.7 Å². The summed E-state index contributed by atoms with van der Waals surface area (Å²) >= 11 is 0. The highest BCUT2D eigenvalue weighted by Crippen LogP contribution is 2.36. The third-order valence-corrected chi connectivity index (χ3v) is 4.38. The number of ether oxygens (including phenoxy) is 5. The summed E-state index contributed by atoms with van der Waals surface area (Å²) in [7, 11) is 3.24. The van der Waals surface area contributed by atoms with Crippen molar-refractivity contribution < 1.29 is 48.8 Å². The van der Waals surface area contributed by atoms with Gasteiger partial charge in [0.15, 0.2) is 23.8 Å². The number of hydrogen-bond donors (Lipinski definition) is 2. The molecule has 1 heterocycles. The van der Waals surface area contributed by atoms with Gasteiger partial charge in [0, 0.05) is 5.56 Å². The fourth-order valence-electron chi connectivity index (χ4n) is 2.86. The van der Waals surface area contributed by atoms with Gasteiger partial charge in [-0.1, -0.05) is 36.4 Å². The smallest absolute Gasteiger partial charge is 0.351 e. The number of carbonyl (C=O) groups excluding carboxylic acids is 1. The number of carbonyl (C=O) groups is 2. The van der Waals surface area contributed by atoms with Crippen LogP contribution in [-0.2, 0) is 19.1 Å². The number of benzene rings is 2. The highest BCUT2D eigenvalue weighted by Gasteiger charge is 2.28. The van der Waals surface area contributed by atoms with Crippen LogP contribution in [0.2, 0.25) is 0 Å². The van der Waals surface area contributed by atoms with Crippen molar-refractivity contribution in [2.45, 2.75) is 12.4 Å². The van der Waals surface area contributed by atoms with Crippen LogP contribution in [0.25, 0.3) is 0 Å². The van der Waals surface area contributed by atoms with E-state index in [1.165, 1.54) is 0 Å². The molecule has 0 amide bonds. The molecule has 0 aliphatic carbocycles. The monoisotopic (exact) mass is 449 g/mol. The Bertz CT molecular complexity index is 825. The van der Waals surface area contributed by atoms with Gasteiger partial charge in [-0.05, 0) is 12.1 Å². The van der Waals surface area contributed by atoms with E-state index in [1.807, 2.05) is 48.5 Å². The zero-order valence-electron chi connectivity index (χ0n) is 17.9. The number of hydrogen-bond acceptors (Lipinski definition) is 8. The van der Waals surface area contributed by atoms with Crippen LogP contribution in [0, 0.1) is 0 Å². The van der Waals surface area contributed by atoms with Crippen molar-refractivity contribution in [3.63, 3.8) is 0 Å². The summed E-state index contributed by atoms with van der Waals surface area (Å²) < 4.78 is 28.2. The highest BCUT2D eigenvalue weighted by atomic mass is 16.7. The topological polar surface area (TPSA) is 140 Å². The van der Waals surface area contributed by atoms with Gasteiger partial charge in [0.05, 0.1) is 20.8 Å². The molecule has 0 spiro atoms. The summed E-state index contributed by atoms with van der Waals surface area (Å²) in [6, 6.07) is 15.6. The largest absolute Gasteiger partial charge is 0.539 e. The number of nitrogens with two attached hydrogens (primary N) is 1. The highest BCUT2D eigenvalue weighted by molar-refractivity contribution is 6.26. The second-order valence-electron chi connectivity index (χ2n) is 6.58. The van der Waals surface area contributed by atoms with Crippen LogP contribution in [-0.4, -0.2) is 63.7 Å². The molecule has 0 bridgehead atoms. The van der Waals surface area contributed by atoms with Crippen molar-refractivity contribution in [3.05, 3.63) is 54.1 Å². The lowest BCUT2D eigenvalue weighted by molar-refractivity contribution is -0.661. The fourth-order valence-corrected chi connectivity index (χ4v) is 2.86. The van der Waals surface area contributed by atoms with Crippen molar-refractivity contribution in [2.24, 2.45) is 0 Å². The number of methoxy groups -OCH3 is 2. The first kappa shape index (κ1) is 24.9. The van der Waals surface area contributed by atoms with E-state index in [1.54, 1.807) is 14.2 Å². The Morgan fingerprint density at radius 2 is 1.72 bits per heavy atom. The van der Waals surface area contributed by atoms with Crippen molar-refractivity contribution in [2.75, 3.05) is 40.5 Å². The van der Waals surface area contributed by atoms with Crippen molar-refractivity contribution in [3.8, 4) is 17.2 Å². The fraction of sp³-hybridized carbons (Fsp3) is 0.364. The molecule has 32 heavy (non-hydrogen) atoms. The van der Waals surface area contributed by atoms with Crippen molar-refractivity contribution in [1.82, 2.24) is 0 Å². The maximum atomic E-state index is 9.04. The molecule has 10 nitrogen and oxygen atoms in total. The summed E-state index contributed by atoms with van der Waals surface area (Å²) in [4.78, 5) is 18.0. The molecular formula is C22H27NO9. The molecule has 1 fully saturated rings. The van der Waals surface area contributed by atoms with Gasteiger partial charge in [-0.15, -0.1) is 0 Å². The first-order chi connectivity index (χ1) is 15.5. The van der Waals surface area contributed by atoms with Gasteiger partial charge < -0.3 is 44.0 Å². The second kappa shape index (κ2) is 13.2. The predicted octanol–water partition coefficient (Wildman–Crippen LogP) is -0.419. The zero-order chi connectivity index (χ0) is 23.3. The van der Waals surface area contributed by atoms with Gasteiger partial charge >= 0.3 is 5.97 Å². The molecule has 0 aromatic heterocycles. The van der Waals surface area contributed by atoms with Crippen molar-refractivity contribution in [1.29, 1.82) is 0 Å². The minimum absolute atomic E-state index is 0.0843. The average molecular weight is 449 g/mol. The van der Waals surface area contributed by atoms with Gasteiger partial charge in [-0.2, -0.15) is 0 Å². The van der Waals surface area contributed by atoms with Gasteiger partial charge in [0.25, 0.3) is 0 Å². The Morgan fingerprint density at radius 1 is 1.09 bits per heavy atom. The lowest BCUT2D eigenvalue weighted by Gasteiger charge is -2.14. The molecule has 10 heteroatoms. The van der Waals surface area contributed by atoms with E-state index >= 15 is 0 Å². The Kier molecular flexibility index (Phi) is 10.2. The third kappa shape index (κ3) is 7.73. The first-order valence-electron chi connectivity index (χ1n) is 9.88. The van der Waals surface area contributed by atoms with E-state index in [4.69, 9.17) is 43.5 Å². The number of rotatable bonds is 9. The molecule has 1 saturated heterocycles. The molecule has 2 atom stereocenters. The van der Waals surface area contributed by atoms with Gasteiger partial charge in [-0.25, -0.2) is 4.79 Å². The van der Waals surface area contributed by atoms with Gasteiger partial charge in [0.1, 0.15) is 25.8 Å². The molecule has 0 radical (unpaired) electrons. The summed E-state index contributed by atoms with van der Waals surface area (Å²) in [5, 5.41) is 18.5. The number of para-hydroxylation sites is 1. The predicted molar refractivity (Wildman–Crippen MR) is 109 cm³/mol. The van der Waals surface area contributed by atoms with E-state index in [-0.39, 0.29) is 12.4 Å². The van der Waals surface area contributed by atoms with Gasteiger partial charge in [0.2, 0.25) is 5.75 Å². The minimum Gasteiger partial charge on any atom is -0.539 e. The minimum atomic E-state index is -2.07. The second-order valence-corrected chi connectivity index (χ2v) is 6.58. The molecule has 2 aromatic carbocycles. The molecule has 2 aromatic rings. The molecule has 174 valence electrons. The van der Waals surface area contributed by atoms with Crippen LogP contribution in [0.3, 0.4) is 0 Å². The lowest BCUT2D eigenvalue weighted by atomic mass is 10.2. The summed E-state index contributed by atoms with van der Waals surface area (Å²) in [6.45, 7) is 2.79. The van der Waals surface area contributed by atoms with Crippen LogP contribution < -0.4 is 24.6 Å². The van der Waals surface area contributed by atoms with E-state index < -0.39 is 11.9 Å². The Balaban J connectivity index is 0.000000534. The molecule has 0 saturated carbocycles. The molecule has 0 unspecified atom stereocenters. The Hall–Kier alpha value is -3.34. The van der Waals surface area contributed by atoms with E-state index in [9.17, 15) is 0 Å². The van der Waals surface area contributed by atoms with Crippen LogP contribution in [0.1, 0.15) is 11.9 Å². The first-order valence-corrected chi connectivity index (χ1v) is 9.88. The van der Waals surface area contributed by atoms with E-state index in [2.05, 4.69) is 5.32 Å². The average Bonchev–Trinajstić information content (AvgIpc) is 3.28. The SMILES string of the molecule is COc1cccc(OC)c1OCC[NH2+]C[C@@H]1CO[C@H](c2ccccc2)O1.O=C([O-])C(=O)O. The summed E-state index contributed by atoms with van der Waals surface area (Å²) in [6.07, 6.45) is -0.176. The molecule has 3 rings (SSSR count). The maximum Gasteiger partial charge on any atom is 0.351 e. The molecular weight excluding hydrogens is 422 g/mol. The summed E-state index contributed by atoms with van der Waals surface area (Å²) in [5.41, 5.74) is 1.06. The number of carboxylic acids is 2. The number of carboxylic acid groups (broad SMARTS) is 2. The summed E-state index contributed by atoms with van der Waals surface area (Å²) in [5.74, 6) is -2.04. The normalized spacial score (nSPS) is 17.1. The Labute approximate surface area is 185 Å². The molecule has 1 aliphatic heterocycles.